The van der Waals surface area contributed by atoms with Crippen LogP contribution in [0.25, 0.3) is 16.8 Å². The standard InChI is InChI=1S/C22H20F3N7O2/c1-11-9-30(13(3)33)12(2)21(34)31(11)17-6-14(4-5-15(17)8-26)18-7-16(22(23,24)25)19-20(27)28-10-29-32(18)19/h4-7,10-12H,9H2,1-3H3,(H2,27,28,29)/t11-,12-/m1/s1. The van der Waals surface area contributed by atoms with E-state index < -0.39 is 29.7 Å². The smallest absolute Gasteiger partial charge is 0.382 e. The minimum atomic E-state index is -4.71. The number of hydrogen-bond acceptors (Lipinski definition) is 6. The second-order valence-corrected chi connectivity index (χ2v) is 8.10. The molecule has 1 fully saturated rings. The molecule has 34 heavy (non-hydrogen) atoms. The van der Waals surface area contributed by atoms with Crippen LogP contribution in [0.15, 0.2) is 30.6 Å². The minimum absolute atomic E-state index is 0.0673. The lowest BCUT2D eigenvalue weighted by molar-refractivity contribution is -0.140. The fourth-order valence-corrected chi connectivity index (χ4v) is 4.31. The molecule has 2 atom stereocenters. The van der Waals surface area contributed by atoms with E-state index in [1.807, 2.05) is 6.07 Å². The highest BCUT2D eigenvalue weighted by Crippen LogP contribution is 2.40. The van der Waals surface area contributed by atoms with Crippen LogP contribution in [0.4, 0.5) is 24.7 Å². The van der Waals surface area contributed by atoms with Gasteiger partial charge in [0.25, 0.3) is 0 Å². The summed E-state index contributed by atoms with van der Waals surface area (Å²) in [7, 11) is 0. The third kappa shape index (κ3) is 3.59. The van der Waals surface area contributed by atoms with Crippen LogP contribution in [0.1, 0.15) is 31.9 Å². The average molecular weight is 471 g/mol. The van der Waals surface area contributed by atoms with Crippen molar-refractivity contribution >= 4 is 28.8 Å². The van der Waals surface area contributed by atoms with Crippen LogP contribution >= 0.6 is 0 Å². The lowest BCUT2D eigenvalue weighted by atomic mass is 10.0. The largest absolute Gasteiger partial charge is 0.418 e. The zero-order chi connectivity index (χ0) is 24.9. The maximum Gasteiger partial charge on any atom is 0.418 e. The lowest BCUT2D eigenvalue weighted by Gasteiger charge is -2.43. The number of benzene rings is 1. The van der Waals surface area contributed by atoms with Crippen LogP contribution in [-0.2, 0) is 15.8 Å². The SMILES string of the molecule is CC(=O)N1C[C@@H](C)N(c2cc(-c3cc(C(F)(F)F)c4c(N)ncnn34)ccc2C#N)C(=O)[C@H]1C. The first-order chi connectivity index (χ1) is 16.0. The van der Waals surface area contributed by atoms with Gasteiger partial charge >= 0.3 is 6.18 Å². The molecule has 0 unspecified atom stereocenters. The number of nitrogens with zero attached hydrogens (tertiary/aromatic N) is 6. The van der Waals surface area contributed by atoms with E-state index >= 15 is 0 Å². The van der Waals surface area contributed by atoms with Crippen LogP contribution in [0.3, 0.4) is 0 Å². The van der Waals surface area contributed by atoms with Crippen LogP contribution in [-0.4, -0.2) is 49.9 Å². The number of fused-ring (bicyclic) bond motifs is 1. The molecule has 1 aromatic carbocycles. The fourth-order valence-electron chi connectivity index (χ4n) is 4.31. The van der Waals surface area contributed by atoms with Crippen LogP contribution in [0, 0.1) is 11.3 Å². The summed E-state index contributed by atoms with van der Waals surface area (Å²) in [6, 6.07) is 6.10. The normalized spacial score (nSPS) is 18.9. The number of carbonyl (C=O) groups is 2. The lowest BCUT2D eigenvalue weighted by Crippen LogP contribution is -2.61. The molecule has 1 saturated heterocycles. The summed E-state index contributed by atoms with van der Waals surface area (Å²) in [4.78, 5) is 31.6. The van der Waals surface area contributed by atoms with Gasteiger partial charge in [-0.3, -0.25) is 9.59 Å². The van der Waals surface area contributed by atoms with Crippen molar-refractivity contribution in [2.24, 2.45) is 0 Å². The van der Waals surface area contributed by atoms with Gasteiger partial charge in [-0.05, 0) is 32.0 Å². The number of anilines is 2. The Morgan fingerprint density at radius 2 is 1.97 bits per heavy atom. The van der Waals surface area contributed by atoms with Crippen LogP contribution < -0.4 is 10.6 Å². The Hall–Kier alpha value is -4.14. The number of rotatable bonds is 2. The Labute approximate surface area is 192 Å². The van der Waals surface area contributed by atoms with Gasteiger partial charge in [-0.25, -0.2) is 9.50 Å². The van der Waals surface area contributed by atoms with Crippen molar-refractivity contribution in [3.8, 4) is 17.3 Å². The van der Waals surface area contributed by atoms with E-state index in [1.165, 1.54) is 34.9 Å². The van der Waals surface area contributed by atoms with Crippen molar-refractivity contribution in [2.45, 2.75) is 39.0 Å². The third-order valence-corrected chi connectivity index (χ3v) is 5.93. The Morgan fingerprint density at radius 1 is 1.26 bits per heavy atom. The predicted octanol–water partition coefficient (Wildman–Crippen LogP) is 2.84. The summed E-state index contributed by atoms with van der Waals surface area (Å²) in [6.07, 6.45) is -3.66. The van der Waals surface area contributed by atoms with E-state index in [-0.39, 0.29) is 40.7 Å². The molecule has 0 saturated carbocycles. The van der Waals surface area contributed by atoms with Crippen molar-refractivity contribution in [1.29, 1.82) is 5.26 Å². The molecule has 1 aliphatic heterocycles. The highest BCUT2D eigenvalue weighted by atomic mass is 19.4. The Balaban J connectivity index is 1.90. The molecule has 3 aromatic rings. The highest BCUT2D eigenvalue weighted by Gasteiger charge is 2.40. The Morgan fingerprint density at radius 3 is 2.59 bits per heavy atom. The van der Waals surface area contributed by atoms with Gasteiger partial charge in [0.2, 0.25) is 11.8 Å². The molecule has 0 aliphatic carbocycles. The first-order valence-corrected chi connectivity index (χ1v) is 10.3. The molecule has 2 amide bonds. The molecule has 0 spiro atoms. The number of carbonyl (C=O) groups excluding carboxylic acids is 2. The van der Waals surface area contributed by atoms with Crippen molar-refractivity contribution in [3.63, 3.8) is 0 Å². The molecular weight excluding hydrogens is 451 g/mol. The molecule has 0 bridgehead atoms. The number of nitrogens with two attached hydrogens (primary N) is 1. The van der Waals surface area contributed by atoms with Gasteiger partial charge in [0, 0.05) is 19.0 Å². The number of alkyl halides is 3. The van der Waals surface area contributed by atoms with Crippen molar-refractivity contribution < 1.29 is 22.8 Å². The summed E-state index contributed by atoms with van der Waals surface area (Å²) >= 11 is 0. The topological polar surface area (TPSA) is 121 Å². The minimum Gasteiger partial charge on any atom is -0.382 e. The molecule has 176 valence electrons. The molecule has 4 rings (SSSR count). The number of aromatic nitrogens is 3. The van der Waals surface area contributed by atoms with Crippen molar-refractivity contribution in [1.82, 2.24) is 19.5 Å². The van der Waals surface area contributed by atoms with E-state index in [4.69, 9.17) is 5.73 Å². The van der Waals surface area contributed by atoms with Gasteiger partial charge in [-0.1, -0.05) is 6.07 Å². The average Bonchev–Trinajstić information content (AvgIpc) is 3.18. The molecule has 0 radical (unpaired) electrons. The van der Waals surface area contributed by atoms with Crippen molar-refractivity contribution in [3.05, 3.63) is 41.7 Å². The van der Waals surface area contributed by atoms with Crippen LogP contribution in [0.5, 0.6) is 0 Å². The second-order valence-electron chi connectivity index (χ2n) is 8.10. The molecule has 9 nitrogen and oxygen atoms in total. The third-order valence-electron chi connectivity index (χ3n) is 5.93. The fraction of sp³-hybridized carbons (Fsp3) is 0.318. The first kappa shape index (κ1) is 23.0. The van der Waals surface area contributed by atoms with E-state index in [0.29, 0.717) is 5.56 Å². The van der Waals surface area contributed by atoms with E-state index in [0.717, 1.165) is 16.9 Å². The van der Waals surface area contributed by atoms with E-state index in [2.05, 4.69) is 10.1 Å². The quantitative estimate of drug-likeness (QED) is 0.614. The maximum atomic E-state index is 13.7. The van der Waals surface area contributed by atoms with Gasteiger partial charge in [0.1, 0.15) is 24.0 Å². The zero-order valence-corrected chi connectivity index (χ0v) is 18.5. The van der Waals surface area contributed by atoms with Crippen LogP contribution in [0.2, 0.25) is 0 Å². The summed E-state index contributed by atoms with van der Waals surface area (Å²) in [5.74, 6) is -0.983. The monoisotopic (exact) mass is 471 g/mol. The van der Waals surface area contributed by atoms with Gasteiger partial charge in [0.15, 0.2) is 5.82 Å². The molecule has 12 heteroatoms. The number of nitrogen functional groups attached to an aromatic ring is 1. The summed E-state index contributed by atoms with van der Waals surface area (Å²) < 4.78 is 42.2. The molecule has 3 heterocycles. The molecule has 1 aliphatic rings. The van der Waals surface area contributed by atoms with Gasteiger partial charge in [0.05, 0.1) is 28.6 Å². The number of nitriles is 1. The number of halogens is 3. The summed E-state index contributed by atoms with van der Waals surface area (Å²) in [5, 5.41) is 13.6. The zero-order valence-electron chi connectivity index (χ0n) is 18.5. The summed E-state index contributed by atoms with van der Waals surface area (Å²) in [5.41, 5.74) is 5.10. The highest BCUT2D eigenvalue weighted by molar-refractivity contribution is 6.02. The first-order valence-electron chi connectivity index (χ1n) is 10.3. The Kier molecular flexibility index (Phi) is 5.43. The van der Waals surface area contributed by atoms with Gasteiger partial charge < -0.3 is 15.5 Å². The number of piperazine rings is 1. The molecule has 2 N–H and O–H groups in total. The van der Waals surface area contributed by atoms with Gasteiger partial charge in [-0.15, -0.1) is 0 Å². The Bertz CT molecular complexity index is 1360. The van der Waals surface area contributed by atoms with E-state index in [9.17, 15) is 28.0 Å². The molecular formula is C22H20F3N7O2. The summed E-state index contributed by atoms with van der Waals surface area (Å²) in [6.45, 7) is 4.94. The predicted molar refractivity (Wildman–Crippen MR) is 116 cm³/mol. The number of amides is 2. The van der Waals surface area contributed by atoms with E-state index in [1.54, 1.807) is 13.8 Å². The van der Waals surface area contributed by atoms with Gasteiger partial charge in [-0.2, -0.15) is 23.5 Å². The molecule has 2 aromatic heterocycles. The number of hydrogen-bond donors (Lipinski definition) is 1. The second kappa shape index (κ2) is 8.02. The van der Waals surface area contributed by atoms with Crippen molar-refractivity contribution in [2.75, 3.05) is 17.2 Å². The maximum absolute atomic E-state index is 13.7.